The molecule has 21 heavy (non-hydrogen) atoms. The van der Waals surface area contributed by atoms with Crippen LogP contribution < -0.4 is 10.6 Å². The molecule has 0 fully saturated rings. The zero-order valence-corrected chi connectivity index (χ0v) is 12.4. The summed E-state index contributed by atoms with van der Waals surface area (Å²) in [6.07, 6.45) is 0.578. The minimum atomic E-state index is -1.27. The maximum Gasteiger partial charge on any atom is 0.329 e. The molecule has 0 aliphatic carbocycles. The van der Waals surface area contributed by atoms with Crippen molar-refractivity contribution in [3.63, 3.8) is 0 Å². The Bertz CT molecular complexity index is 498. The van der Waals surface area contributed by atoms with E-state index in [9.17, 15) is 19.1 Å². The summed E-state index contributed by atoms with van der Waals surface area (Å²) in [5.41, 5.74) is -0.535. The lowest BCUT2D eigenvalue weighted by Gasteiger charge is -2.29. The first-order valence-corrected chi connectivity index (χ1v) is 6.92. The van der Waals surface area contributed by atoms with Crippen molar-refractivity contribution in [2.24, 2.45) is 0 Å². The molecule has 0 bridgehead atoms. The van der Waals surface area contributed by atoms with Crippen molar-refractivity contribution in [3.8, 4) is 0 Å². The first-order valence-electron chi connectivity index (χ1n) is 6.92. The van der Waals surface area contributed by atoms with E-state index < -0.39 is 17.5 Å². The predicted octanol–water partition coefficient (Wildman–Crippen LogP) is 2.83. The van der Waals surface area contributed by atoms with Gasteiger partial charge in [0.1, 0.15) is 11.4 Å². The van der Waals surface area contributed by atoms with Crippen LogP contribution in [0, 0.1) is 5.82 Å². The highest BCUT2D eigenvalue weighted by Crippen LogP contribution is 2.16. The third-order valence-electron chi connectivity index (χ3n) is 3.69. The molecule has 5 nitrogen and oxygen atoms in total. The first-order chi connectivity index (χ1) is 9.84. The second-order valence-corrected chi connectivity index (χ2v) is 4.97. The molecule has 1 atom stereocenters. The van der Waals surface area contributed by atoms with Crippen molar-refractivity contribution in [1.29, 1.82) is 0 Å². The number of rotatable bonds is 6. The summed E-state index contributed by atoms with van der Waals surface area (Å²) in [4.78, 5) is 23.3. The highest BCUT2D eigenvalue weighted by atomic mass is 19.1. The molecule has 0 spiro atoms. The van der Waals surface area contributed by atoms with E-state index in [1.807, 2.05) is 0 Å². The summed E-state index contributed by atoms with van der Waals surface area (Å²) in [7, 11) is 0. The SMILES string of the molecule is CCC(CC)(NC(=O)NC(C)c1ccc(F)cc1)C(=O)O. The molecule has 0 radical (unpaired) electrons. The minimum absolute atomic E-state index is 0.289. The van der Waals surface area contributed by atoms with Crippen molar-refractivity contribution in [2.45, 2.75) is 45.2 Å². The molecule has 0 aliphatic rings. The van der Waals surface area contributed by atoms with Crippen molar-refractivity contribution >= 4 is 12.0 Å². The Hall–Kier alpha value is -2.11. The van der Waals surface area contributed by atoms with Crippen LogP contribution in [0.4, 0.5) is 9.18 Å². The van der Waals surface area contributed by atoms with Gasteiger partial charge < -0.3 is 15.7 Å². The largest absolute Gasteiger partial charge is 0.480 e. The fourth-order valence-corrected chi connectivity index (χ4v) is 2.07. The van der Waals surface area contributed by atoms with Crippen molar-refractivity contribution in [1.82, 2.24) is 10.6 Å². The van der Waals surface area contributed by atoms with E-state index >= 15 is 0 Å². The normalized spacial score (nSPS) is 12.6. The number of urea groups is 1. The Morgan fingerprint density at radius 2 is 1.76 bits per heavy atom. The molecule has 2 amide bonds. The standard InChI is InChI=1S/C15H21FN2O3/c1-4-15(5-2,13(19)20)18-14(21)17-10(3)11-6-8-12(16)9-7-11/h6-10H,4-5H2,1-3H3,(H,19,20)(H2,17,18,21). The van der Waals surface area contributed by atoms with Gasteiger partial charge >= 0.3 is 12.0 Å². The zero-order chi connectivity index (χ0) is 16.0. The summed E-state index contributed by atoms with van der Waals surface area (Å²) in [6.45, 7) is 5.16. The zero-order valence-electron chi connectivity index (χ0n) is 12.4. The molecular weight excluding hydrogens is 275 g/mol. The quantitative estimate of drug-likeness (QED) is 0.755. The fourth-order valence-electron chi connectivity index (χ4n) is 2.07. The smallest absolute Gasteiger partial charge is 0.329 e. The summed E-state index contributed by atoms with van der Waals surface area (Å²) >= 11 is 0. The molecule has 116 valence electrons. The van der Waals surface area contributed by atoms with E-state index in [4.69, 9.17) is 0 Å². The van der Waals surface area contributed by atoms with Gasteiger partial charge in [0.25, 0.3) is 0 Å². The lowest BCUT2D eigenvalue weighted by atomic mass is 9.93. The van der Waals surface area contributed by atoms with Crippen LogP contribution in [0.1, 0.15) is 45.2 Å². The fraction of sp³-hybridized carbons (Fsp3) is 0.467. The van der Waals surface area contributed by atoms with E-state index in [0.29, 0.717) is 0 Å². The van der Waals surface area contributed by atoms with Gasteiger partial charge in [-0.3, -0.25) is 0 Å². The summed E-state index contributed by atoms with van der Waals surface area (Å²) < 4.78 is 12.9. The van der Waals surface area contributed by atoms with Gasteiger partial charge in [-0.1, -0.05) is 26.0 Å². The molecule has 1 aromatic rings. The van der Waals surface area contributed by atoms with Gasteiger partial charge in [0.05, 0.1) is 6.04 Å². The molecule has 1 aromatic carbocycles. The van der Waals surface area contributed by atoms with Gasteiger partial charge in [-0.25, -0.2) is 14.0 Å². The van der Waals surface area contributed by atoms with Crippen LogP contribution in [-0.2, 0) is 4.79 Å². The summed E-state index contributed by atoms with van der Waals surface area (Å²) in [5, 5.41) is 14.4. The van der Waals surface area contributed by atoms with E-state index in [0.717, 1.165) is 5.56 Å². The number of nitrogens with one attached hydrogen (secondary N) is 2. The van der Waals surface area contributed by atoms with Gasteiger partial charge in [-0.15, -0.1) is 0 Å². The average Bonchev–Trinajstić information content (AvgIpc) is 2.45. The number of amides is 2. The third kappa shape index (κ3) is 4.18. The van der Waals surface area contributed by atoms with Crippen LogP contribution in [0.15, 0.2) is 24.3 Å². The molecular formula is C15H21FN2O3. The number of carbonyl (C=O) groups is 2. The Labute approximate surface area is 123 Å². The number of benzene rings is 1. The molecule has 0 heterocycles. The lowest BCUT2D eigenvalue weighted by Crippen LogP contribution is -2.56. The maximum absolute atomic E-state index is 12.9. The van der Waals surface area contributed by atoms with Crippen LogP contribution in [0.25, 0.3) is 0 Å². The van der Waals surface area contributed by atoms with Crippen molar-refractivity contribution in [3.05, 3.63) is 35.6 Å². The number of carboxylic acid groups (broad SMARTS) is 1. The Morgan fingerprint density at radius 1 is 1.24 bits per heavy atom. The van der Waals surface area contributed by atoms with Crippen molar-refractivity contribution in [2.75, 3.05) is 0 Å². The predicted molar refractivity (Wildman–Crippen MR) is 77.4 cm³/mol. The van der Waals surface area contributed by atoms with E-state index in [1.165, 1.54) is 12.1 Å². The van der Waals surface area contributed by atoms with Crippen LogP contribution >= 0.6 is 0 Å². The summed E-state index contributed by atoms with van der Waals surface area (Å²) in [6, 6.07) is 4.86. The molecule has 0 aliphatic heterocycles. The molecule has 0 aromatic heterocycles. The van der Waals surface area contributed by atoms with Crippen molar-refractivity contribution < 1.29 is 19.1 Å². The maximum atomic E-state index is 12.9. The number of aliphatic carboxylic acids is 1. The number of hydrogen-bond donors (Lipinski definition) is 3. The lowest BCUT2D eigenvalue weighted by molar-refractivity contribution is -0.144. The Morgan fingerprint density at radius 3 is 2.19 bits per heavy atom. The monoisotopic (exact) mass is 296 g/mol. The Balaban J connectivity index is 2.72. The molecule has 0 saturated carbocycles. The van der Waals surface area contributed by atoms with Gasteiger partial charge in [0.15, 0.2) is 0 Å². The molecule has 1 rings (SSSR count). The second kappa shape index (κ2) is 7.06. The average molecular weight is 296 g/mol. The van der Waals surface area contributed by atoms with E-state index in [-0.39, 0.29) is 24.7 Å². The summed E-state index contributed by atoms with van der Waals surface area (Å²) in [5.74, 6) is -1.41. The molecule has 0 saturated heterocycles. The van der Waals surface area contributed by atoms with Gasteiger partial charge in [-0.05, 0) is 37.5 Å². The van der Waals surface area contributed by atoms with Crippen LogP contribution in [0.2, 0.25) is 0 Å². The van der Waals surface area contributed by atoms with E-state index in [1.54, 1.807) is 32.9 Å². The number of carbonyl (C=O) groups excluding carboxylic acids is 1. The Kier molecular flexibility index (Phi) is 5.69. The number of halogens is 1. The molecule has 3 N–H and O–H groups in total. The van der Waals surface area contributed by atoms with Crippen LogP contribution in [-0.4, -0.2) is 22.6 Å². The highest BCUT2D eigenvalue weighted by molar-refractivity contribution is 5.86. The minimum Gasteiger partial charge on any atom is -0.480 e. The number of hydrogen-bond acceptors (Lipinski definition) is 2. The van der Waals surface area contributed by atoms with E-state index in [2.05, 4.69) is 10.6 Å². The van der Waals surface area contributed by atoms with Gasteiger partial charge in [-0.2, -0.15) is 0 Å². The van der Waals surface area contributed by atoms with Gasteiger partial charge in [0, 0.05) is 0 Å². The number of carboxylic acids is 1. The highest BCUT2D eigenvalue weighted by Gasteiger charge is 2.36. The molecule has 6 heteroatoms. The van der Waals surface area contributed by atoms with Gasteiger partial charge in [0.2, 0.25) is 0 Å². The third-order valence-corrected chi connectivity index (χ3v) is 3.69. The topological polar surface area (TPSA) is 78.4 Å². The second-order valence-electron chi connectivity index (χ2n) is 4.97. The molecule has 1 unspecified atom stereocenters. The van der Waals surface area contributed by atoms with Crippen LogP contribution in [0.5, 0.6) is 0 Å². The van der Waals surface area contributed by atoms with Crippen LogP contribution in [0.3, 0.4) is 0 Å². The first kappa shape index (κ1) is 16.9.